The van der Waals surface area contributed by atoms with Crippen LogP contribution in [0, 0.1) is 0 Å². The van der Waals surface area contributed by atoms with Crippen molar-refractivity contribution in [1.29, 1.82) is 0 Å². The molecular formula is C8H4BrClN2. The van der Waals surface area contributed by atoms with E-state index in [1.807, 2.05) is 6.07 Å². The van der Waals surface area contributed by atoms with E-state index in [0.717, 1.165) is 15.4 Å². The van der Waals surface area contributed by atoms with Crippen molar-refractivity contribution >= 4 is 38.4 Å². The van der Waals surface area contributed by atoms with Crippen LogP contribution in [0.15, 0.2) is 29.1 Å². The van der Waals surface area contributed by atoms with Gasteiger partial charge in [-0.05, 0) is 12.1 Å². The van der Waals surface area contributed by atoms with E-state index in [-0.39, 0.29) is 0 Å². The van der Waals surface area contributed by atoms with E-state index < -0.39 is 0 Å². The average molecular weight is 243 g/mol. The number of benzene rings is 1. The maximum Gasteiger partial charge on any atom is 0.116 e. The predicted molar refractivity (Wildman–Crippen MR) is 52.2 cm³/mol. The van der Waals surface area contributed by atoms with E-state index >= 15 is 0 Å². The number of hydrogen-bond donors (Lipinski definition) is 0. The summed E-state index contributed by atoms with van der Waals surface area (Å²) in [4.78, 5) is 7.98. The molecule has 0 fully saturated rings. The molecule has 60 valence electrons. The van der Waals surface area contributed by atoms with Crippen molar-refractivity contribution in [2.75, 3.05) is 0 Å². The summed E-state index contributed by atoms with van der Waals surface area (Å²) in [7, 11) is 0. The van der Waals surface area contributed by atoms with Gasteiger partial charge in [0.1, 0.15) is 6.33 Å². The van der Waals surface area contributed by atoms with Crippen LogP contribution in [0.25, 0.3) is 10.9 Å². The first-order valence-corrected chi connectivity index (χ1v) is 4.50. The highest BCUT2D eigenvalue weighted by molar-refractivity contribution is 9.10. The van der Waals surface area contributed by atoms with Crippen LogP contribution in [-0.2, 0) is 0 Å². The fourth-order valence-corrected chi connectivity index (χ4v) is 1.65. The molecule has 0 atom stereocenters. The van der Waals surface area contributed by atoms with Gasteiger partial charge in [0, 0.05) is 16.1 Å². The lowest BCUT2D eigenvalue weighted by Gasteiger charge is -1.99. The summed E-state index contributed by atoms with van der Waals surface area (Å²) < 4.78 is 0.961. The zero-order valence-corrected chi connectivity index (χ0v) is 8.30. The largest absolute Gasteiger partial charge is 0.244 e. The Kier molecular flexibility index (Phi) is 1.98. The van der Waals surface area contributed by atoms with Gasteiger partial charge in [-0.15, -0.1) is 0 Å². The van der Waals surface area contributed by atoms with E-state index in [1.54, 1.807) is 12.3 Å². The van der Waals surface area contributed by atoms with E-state index in [1.165, 1.54) is 6.33 Å². The molecule has 0 spiro atoms. The molecule has 1 aromatic carbocycles. The molecule has 0 aliphatic heterocycles. The third kappa shape index (κ3) is 1.19. The van der Waals surface area contributed by atoms with E-state index in [9.17, 15) is 0 Å². The zero-order valence-electron chi connectivity index (χ0n) is 5.96. The lowest BCUT2D eigenvalue weighted by atomic mass is 10.2. The number of rotatable bonds is 0. The summed E-state index contributed by atoms with van der Waals surface area (Å²) in [5.74, 6) is 0. The van der Waals surface area contributed by atoms with Gasteiger partial charge in [0.2, 0.25) is 0 Å². The third-order valence-corrected chi connectivity index (χ3v) is 2.57. The Morgan fingerprint density at radius 3 is 2.92 bits per heavy atom. The Morgan fingerprint density at radius 1 is 1.33 bits per heavy atom. The minimum absolute atomic E-state index is 0.649. The van der Waals surface area contributed by atoms with Crippen molar-refractivity contribution in [3.8, 4) is 0 Å². The number of fused-ring (bicyclic) bond motifs is 1. The van der Waals surface area contributed by atoms with Gasteiger partial charge >= 0.3 is 0 Å². The van der Waals surface area contributed by atoms with Gasteiger partial charge in [-0.2, -0.15) is 0 Å². The standard InChI is InChI=1S/C8H4BrClN2/c9-6-1-2-7(10)8-5(6)3-11-4-12-8/h1-4H. The minimum Gasteiger partial charge on any atom is -0.244 e. The maximum atomic E-state index is 5.92. The molecule has 4 heteroatoms. The molecule has 2 aromatic rings. The summed E-state index contributed by atoms with van der Waals surface area (Å²) in [6.45, 7) is 0. The fraction of sp³-hybridized carbons (Fsp3) is 0. The highest BCUT2D eigenvalue weighted by Crippen LogP contribution is 2.26. The first-order chi connectivity index (χ1) is 5.79. The molecular weight excluding hydrogens is 239 g/mol. The molecule has 1 heterocycles. The second kappa shape index (κ2) is 2.99. The topological polar surface area (TPSA) is 25.8 Å². The average Bonchev–Trinajstić information content (AvgIpc) is 2.12. The number of aromatic nitrogens is 2. The van der Waals surface area contributed by atoms with Crippen molar-refractivity contribution in [3.05, 3.63) is 34.2 Å². The molecule has 0 amide bonds. The van der Waals surface area contributed by atoms with Crippen LogP contribution in [0.3, 0.4) is 0 Å². The molecule has 0 saturated heterocycles. The summed E-state index contributed by atoms with van der Waals surface area (Å²) in [5.41, 5.74) is 0.779. The first kappa shape index (κ1) is 7.95. The monoisotopic (exact) mass is 242 g/mol. The van der Waals surface area contributed by atoms with Crippen LogP contribution in [-0.4, -0.2) is 9.97 Å². The van der Waals surface area contributed by atoms with Crippen LogP contribution in [0.4, 0.5) is 0 Å². The van der Waals surface area contributed by atoms with Gasteiger partial charge in [-0.3, -0.25) is 0 Å². The fourth-order valence-electron chi connectivity index (χ4n) is 1.01. The van der Waals surface area contributed by atoms with E-state index in [2.05, 4.69) is 25.9 Å². The van der Waals surface area contributed by atoms with Crippen LogP contribution in [0.2, 0.25) is 5.02 Å². The molecule has 0 radical (unpaired) electrons. The predicted octanol–water partition coefficient (Wildman–Crippen LogP) is 3.05. The van der Waals surface area contributed by atoms with Gasteiger partial charge in [0.25, 0.3) is 0 Å². The lowest BCUT2D eigenvalue weighted by molar-refractivity contribution is 1.22. The van der Waals surface area contributed by atoms with Crippen LogP contribution >= 0.6 is 27.5 Å². The molecule has 0 saturated carbocycles. The summed E-state index contributed by atoms with van der Waals surface area (Å²) in [6, 6.07) is 3.69. The molecule has 2 rings (SSSR count). The summed E-state index contributed by atoms with van der Waals surface area (Å²) >= 11 is 9.31. The van der Waals surface area contributed by atoms with Crippen LogP contribution < -0.4 is 0 Å². The smallest absolute Gasteiger partial charge is 0.116 e. The quantitative estimate of drug-likeness (QED) is 0.711. The zero-order chi connectivity index (χ0) is 8.55. The molecule has 0 N–H and O–H groups in total. The molecule has 1 aromatic heterocycles. The van der Waals surface area contributed by atoms with Crippen molar-refractivity contribution < 1.29 is 0 Å². The number of hydrogen-bond acceptors (Lipinski definition) is 2. The van der Waals surface area contributed by atoms with Gasteiger partial charge < -0.3 is 0 Å². The van der Waals surface area contributed by atoms with Gasteiger partial charge in [-0.1, -0.05) is 27.5 Å². The number of nitrogens with zero attached hydrogens (tertiary/aromatic N) is 2. The highest BCUT2D eigenvalue weighted by Gasteiger charge is 2.02. The molecule has 0 unspecified atom stereocenters. The van der Waals surface area contributed by atoms with Crippen molar-refractivity contribution in [3.63, 3.8) is 0 Å². The van der Waals surface area contributed by atoms with Gasteiger partial charge in [0.15, 0.2) is 0 Å². The van der Waals surface area contributed by atoms with Crippen molar-refractivity contribution in [2.45, 2.75) is 0 Å². The normalized spacial score (nSPS) is 10.5. The van der Waals surface area contributed by atoms with E-state index in [4.69, 9.17) is 11.6 Å². The van der Waals surface area contributed by atoms with Gasteiger partial charge in [0.05, 0.1) is 10.5 Å². The van der Waals surface area contributed by atoms with E-state index in [0.29, 0.717) is 5.02 Å². The second-order valence-corrected chi connectivity index (χ2v) is 3.58. The lowest BCUT2D eigenvalue weighted by Crippen LogP contribution is -1.82. The molecule has 0 bridgehead atoms. The first-order valence-electron chi connectivity index (χ1n) is 3.33. The summed E-state index contributed by atoms with van der Waals surface area (Å²) in [5, 5.41) is 1.58. The minimum atomic E-state index is 0.649. The third-order valence-electron chi connectivity index (χ3n) is 1.57. The molecule has 0 aliphatic carbocycles. The summed E-state index contributed by atoms with van der Waals surface area (Å²) in [6.07, 6.45) is 3.22. The Labute approximate surface area is 82.7 Å². The molecule has 12 heavy (non-hydrogen) atoms. The van der Waals surface area contributed by atoms with Crippen molar-refractivity contribution in [2.24, 2.45) is 0 Å². The maximum absolute atomic E-state index is 5.92. The number of halogens is 2. The Bertz CT molecular complexity index is 390. The second-order valence-electron chi connectivity index (χ2n) is 2.31. The Balaban J connectivity index is 2.95. The Hall–Kier alpha value is -0.670. The molecule has 2 nitrogen and oxygen atoms in total. The highest BCUT2D eigenvalue weighted by atomic mass is 79.9. The molecule has 0 aliphatic rings. The Morgan fingerprint density at radius 2 is 2.17 bits per heavy atom. The van der Waals surface area contributed by atoms with Crippen LogP contribution in [0.1, 0.15) is 0 Å². The van der Waals surface area contributed by atoms with Crippen molar-refractivity contribution in [1.82, 2.24) is 9.97 Å². The van der Waals surface area contributed by atoms with Gasteiger partial charge in [-0.25, -0.2) is 9.97 Å². The SMILES string of the molecule is Clc1ccc(Br)c2cncnc12. The van der Waals surface area contributed by atoms with Crippen LogP contribution in [0.5, 0.6) is 0 Å².